The molecule has 5 heteroatoms. The lowest BCUT2D eigenvalue weighted by molar-refractivity contribution is -0.123. The van der Waals surface area contributed by atoms with Gasteiger partial charge in [-0.3, -0.25) is 4.79 Å². The fourth-order valence-corrected chi connectivity index (χ4v) is 2.08. The highest BCUT2D eigenvalue weighted by atomic mass is 16.5. The van der Waals surface area contributed by atoms with Crippen LogP contribution in [0.4, 0.5) is 0 Å². The van der Waals surface area contributed by atoms with Gasteiger partial charge in [0, 0.05) is 6.54 Å². The summed E-state index contributed by atoms with van der Waals surface area (Å²) in [6.45, 7) is 2.85. The molecule has 1 amide bonds. The van der Waals surface area contributed by atoms with Crippen LogP contribution in [0.15, 0.2) is 54.6 Å². The van der Waals surface area contributed by atoms with Crippen molar-refractivity contribution < 1.29 is 19.1 Å². The number of unbranched alkanes of at least 4 members (excludes halogenated alkanes) is 1. The zero-order valence-corrected chi connectivity index (χ0v) is 14.4. The van der Waals surface area contributed by atoms with Crippen LogP contribution in [0.2, 0.25) is 0 Å². The first-order valence-corrected chi connectivity index (χ1v) is 8.39. The predicted octanol–water partition coefficient (Wildman–Crippen LogP) is 3.34. The molecule has 0 aromatic heterocycles. The summed E-state index contributed by atoms with van der Waals surface area (Å²) >= 11 is 0. The second-order valence-corrected chi connectivity index (χ2v) is 5.56. The Balaban J connectivity index is 1.73. The van der Waals surface area contributed by atoms with Crippen molar-refractivity contribution in [2.45, 2.75) is 26.3 Å². The minimum Gasteiger partial charge on any atom is -0.484 e. The maximum atomic E-state index is 11.8. The second kappa shape index (κ2) is 10.1. The van der Waals surface area contributed by atoms with E-state index in [-0.39, 0.29) is 18.5 Å². The topological polar surface area (TPSA) is 64.6 Å². The van der Waals surface area contributed by atoms with Gasteiger partial charge in [0.15, 0.2) is 6.61 Å². The van der Waals surface area contributed by atoms with Gasteiger partial charge in [0.25, 0.3) is 5.91 Å². The van der Waals surface area contributed by atoms with Crippen molar-refractivity contribution in [3.63, 3.8) is 0 Å². The molecular weight excluding hydrogens is 318 g/mol. The number of carbonyl (C=O) groups excluding carboxylic acids is 2. The van der Waals surface area contributed by atoms with Gasteiger partial charge in [0.2, 0.25) is 0 Å². The molecule has 25 heavy (non-hydrogen) atoms. The number of hydrogen-bond donors (Lipinski definition) is 1. The summed E-state index contributed by atoms with van der Waals surface area (Å²) in [6.07, 6.45) is 1.83. The van der Waals surface area contributed by atoms with Crippen LogP contribution < -0.4 is 10.1 Å². The lowest BCUT2D eigenvalue weighted by atomic mass is 10.2. The first-order chi connectivity index (χ1) is 12.2. The molecule has 1 N–H and O–H groups in total. The average Bonchev–Trinajstić information content (AvgIpc) is 2.66. The van der Waals surface area contributed by atoms with Crippen LogP contribution in [-0.4, -0.2) is 25.1 Å². The number of rotatable bonds is 9. The highest BCUT2D eigenvalue weighted by Gasteiger charge is 2.08. The number of ether oxygens (including phenoxy) is 2. The van der Waals surface area contributed by atoms with E-state index < -0.39 is 0 Å². The van der Waals surface area contributed by atoms with Crippen molar-refractivity contribution >= 4 is 11.9 Å². The van der Waals surface area contributed by atoms with Crippen LogP contribution in [0.1, 0.15) is 35.7 Å². The van der Waals surface area contributed by atoms with E-state index in [1.54, 1.807) is 24.3 Å². The summed E-state index contributed by atoms with van der Waals surface area (Å²) in [5.74, 6) is -0.0209. The summed E-state index contributed by atoms with van der Waals surface area (Å²) in [5, 5.41) is 2.79. The number of benzene rings is 2. The molecule has 0 aliphatic carbocycles. The molecule has 0 aliphatic rings. The fraction of sp³-hybridized carbons (Fsp3) is 0.300. The number of esters is 1. The van der Waals surface area contributed by atoms with E-state index in [0.717, 1.165) is 18.4 Å². The van der Waals surface area contributed by atoms with Gasteiger partial charge in [-0.15, -0.1) is 0 Å². The van der Waals surface area contributed by atoms with Gasteiger partial charge in [-0.2, -0.15) is 0 Å². The van der Waals surface area contributed by atoms with E-state index in [0.29, 0.717) is 24.5 Å². The Kier molecular flexibility index (Phi) is 7.50. The van der Waals surface area contributed by atoms with Crippen molar-refractivity contribution in [2.75, 3.05) is 13.2 Å². The summed E-state index contributed by atoms with van der Waals surface area (Å²) in [5.41, 5.74) is 1.50. The van der Waals surface area contributed by atoms with Gasteiger partial charge in [0.05, 0.1) is 12.2 Å². The largest absolute Gasteiger partial charge is 0.484 e. The smallest absolute Gasteiger partial charge is 0.338 e. The van der Waals surface area contributed by atoms with Crippen molar-refractivity contribution in [2.24, 2.45) is 0 Å². The van der Waals surface area contributed by atoms with E-state index in [1.807, 2.05) is 37.3 Å². The highest BCUT2D eigenvalue weighted by Crippen LogP contribution is 2.13. The summed E-state index contributed by atoms with van der Waals surface area (Å²) < 4.78 is 10.6. The molecule has 0 radical (unpaired) electrons. The van der Waals surface area contributed by atoms with Gasteiger partial charge < -0.3 is 14.8 Å². The minimum absolute atomic E-state index is 0.0763. The molecule has 0 aliphatic heterocycles. The van der Waals surface area contributed by atoms with E-state index in [4.69, 9.17) is 9.47 Å². The number of hydrogen-bond acceptors (Lipinski definition) is 4. The van der Waals surface area contributed by atoms with E-state index in [1.165, 1.54) is 0 Å². The van der Waals surface area contributed by atoms with E-state index >= 15 is 0 Å². The Bertz CT molecular complexity index is 668. The third-order valence-corrected chi connectivity index (χ3v) is 3.52. The molecule has 0 saturated carbocycles. The average molecular weight is 341 g/mol. The number of nitrogens with one attached hydrogen (secondary N) is 1. The van der Waals surface area contributed by atoms with Crippen LogP contribution in [0, 0.1) is 0 Å². The van der Waals surface area contributed by atoms with Crippen molar-refractivity contribution in [1.82, 2.24) is 5.32 Å². The predicted molar refractivity (Wildman–Crippen MR) is 95.4 cm³/mol. The Labute approximate surface area is 148 Å². The molecule has 132 valence electrons. The fourth-order valence-electron chi connectivity index (χ4n) is 2.08. The Morgan fingerprint density at radius 1 is 1.00 bits per heavy atom. The minimum atomic E-state index is -0.347. The van der Waals surface area contributed by atoms with Crippen LogP contribution >= 0.6 is 0 Å². The molecule has 5 nitrogen and oxygen atoms in total. The maximum Gasteiger partial charge on any atom is 0.338 e. The monoisotopic (exact) mass is 341 g/mol. The molecule has 0 unspecified atom stereocenters. The zero-order valence-electron chi connectivity index (χ0n) is 14.4. The van der Waals surface area contributed by atoms with Gasteiger partial charge >= 0.3 is 5.97 Å². The van der Waals surface area contributed by atoms with Gasteiger partial charge in [-0.05, 0) is 36.2 Å². The summed E-state index contributed by atoms with van der Waals surface area (Å²) in [7, 11) is 0. The van der Waals surface area contributed by atoms with Crippen molar-refractivity contribution in [3.05, 3.63) is 65.7 Å². The summed E-state index contributed by atoms with van der Waals surface area (Å²) in [6, 6.07) is 16.2. The molecule has 2 aromatic rings. The molecule has 0 saturated heterocycles. The van der Waals surface area contributed by atoms with E-state index in [2.05, 4.69) is 5.32 Å². The summed E-state index contributed by atoms with van der Waals surface area (Å²) in [4.78, 5) is 23.6. The highest BCUT2D eigenvalue weighted by molar-refractivity contribution is 5.89. The lowest BCUT2D eigenvalue weighted by Gasteiger charge is -2.08. The molecule has 0 spiro atoms. The Morgan fingerprint density at radius 3 is 2.40 bits per heavy atom. The SMILES string of the molecule is CCCCOC(=O)c1ccc(OCC(=O)NCc2ccccc2)cc1. The van der Waals surface area contributed by atoms with Crippen molar-refractivity contribution in [3.8, 4) is 5.75 Å². The van der Waals surface area contributed by atoms with Gasteiger partial charge in [-0.25, -0.2) is 4.79 Å². The Hall–Kier alpha value is -2.82. The van der Waals surface area contributed by atoms with Gasteiger partial charge in [-0.1, -0.05) is 43.7 Å². The molecule has 0 fully saturated rings. The van der Waals surface area contributed by atoms with Gasteiger partial charge in [0.1, 0.15) is 5.75 Å². The molecule has 2 aromatic carbocycles. The normalized spacial score (nSPS) is 10.1. The molecular formula is C20H23NO4. The number of amides is 1. The van der Waals surface area contributed by atoms with Crippen molar-refractivity contribution in [1.29, 1.82) is 0 Å². The third kappa shape index (κ3) is 6.67. The Morgan fingerprint density at radius 2 is 1.72 bits per heavy atom. The van der Waals surface area contributed by atoms with E-state index in [9.17, 15) is 9.59 Å². The molecule has 0 heterocycles. The third-order valence-electron chi connectivity index (χ3n) is 3.52. The van der Waals surface area contributed by atoms with Crippen LogP contribution in [0.5, 0.6) is 5.75 Å². The first kappa shape index (κ1) is 18.5. The number of carbonyl (C=O) groups is 2. The van der Waals surface area contributed by atoms with Crippen LogP contribution in [0.25, 0.3) is 0 Å². The molecule has 2 rings (SSSR count). The van der Waals surface area contributed by atoms with Crippen LogP contribution in [-0.2, 0) is 16.1 Å². The maximum absolute atomic E-state index is 11.8. The first-order valence-electron chi connectivity index (χ1n) is 8.39. The standard InChI is InChI=1S/C20H23NO4/c1-2-3-13-24-20(23)17-9-11-18(12-10-17)25-15-19(22)21-14-16-7-5-4-6-8-16/h4-12H,2-3,13-15H2,1H3,(H,21,22). The zero-order chi connectivity index (χ0) is 17.9. The molecule has 0 atom stereocenters. The second-order valence-electron chi connectivity index (χ2n) is 5.56. The molecule has 0 bridgehead atoms. The van der Waals surface area contributed by atoms with Crippen LogP contribution in [0.3, 0.4) is 0 Å². The lowest BCUT2D eigenvalue weighted by Crippen LogP contribution is -2.28. The quantitative estimate of drug-likeness (QED) is 0.561.